The van der Waals surface area contributed by atoms with Gasteiger partial charge in [0, 0.05) is 35.9 Å². The van der Waals surface area contributed by atoms with Gasteiger partial charge in [-0.15, -0.1) is 0 Å². The summed E-state index contributed by atoms with van der Waals surface area (Å²) >= 11 is 6.24. The first kappa shape index (κ1) is 15.7. The molecule has 0 saturated heterocycles. The molecule has 1 aliphatic rings. The van der Waals surface area contributed by atoms with E-state index in [0.29, 0.717) is 18.0 Å². The van der Waals surface area contributed by atoms with Crippen LogP contribution in [0.3, 0.4) is 0 Å². The highest BCUT2D eigenvalue weighted by Crippen LogP contribution is 2.35. The fourth-order valence-corrected chi connectivity index (χ4v) is 2.66. The molecule has 112 valence electrons. The van der Waals surface area contributed by atoms with E-state index in [1.54, 1.807) is 0 Å². The molecule has 3 heteroatoms. The minimum Gasteiger partial charge on any atom is -0.368 e. The maximum Gasteiger partial charge on any atom is 0.0429 e. The minimum absolute atomic E-state index is 0.498. The Morgan fingerprint density at radius 2 is 1.95 bits per heavy atom. The van der Waals surface area contributed by atoms with Gasteiger partial charge in [0.15, 0.2) is 0 Å². The molecule has 1 aromatic rings. The van der Waals surface area contributed by atoms with Crippen LogP contribution in [-0.2, 0) is 6.54 Å². The second-order valence-corrected chi connectivity index (χ2v) is 7.02. The first-order valence-corrected chi connectivity index (χ1v) is 8.13. The van der Waals surface area contributed by atoms with E-state index in [1.165, 1.54) is 24.1 Å². The van der Waals surface area contributed by atoms with Gasteiger partial charge in [-0.05, 0) is 36.5 Å². The zero-order valence-corrected chi connectivity index (χ0v) is 13.9. The van der Waals surface area contributed by atoms with Crippen molar-refractivity contribution in [3.05, 3.63) is 28.8 Å². The molecule has 0 amide bonds. The standard InChI is InChI=1S/C17H27ClN2/c1-12(2)11-20(16-7-8-16)17-9-15(18)6-5-14(17)10-19-13(3)4/h5-6,9,12-13,16,19H,7-8,10-11H2,1-4H3. The van der Waals surface area contributed by atoms with Gasteiger partial charge in [-0.2, -0.15) is 0 Å². The molecule has 0 aromatic heterocycles. The van der Waals surface area contributed by atoms with E-state index in [1.807, 2.05) is 6.07 Å². The number of nitrogens with zero attached hydrogens (tertiary/aromatic N) is 1. The molecule has 1 fully saturated rings. The lowest BCUT2D eigenvalue weighted by molar-refractivity contribution is 0.580. The Bertz CT molecular complexity index is 439. The quantitative estimate of drug-likeness (QED) is 0.798. The molecule has 1 saturated carbocycles. The van der Waals surface area contributed by atoms with Crippen LogP contribution >= 0.6 is 11.6 Å². The minimum atomic E-state index is 0.498. The third-order valence-electron chi connectivity index (χ3n) is 3.61. The summed E-state index contributed by atoms with van der Waals surface area (Å²) in [6.07, 6.45) is 2.63. The van der Waals surface area contributed by atoms with Gasteiger partial charge in [-0.1, -0.05) is 45.4 Å². The van der Waals surface area contributed by atoms with Gasteiger partial charge in [0.25, 0.3) is 0 Å². The van der Waals surface area contributed by atoms with Crippen molar-refractivity contribution >= 4 is 17.3 Å². The smallest absolute Gasteiger partial charge is 0.0429 e. The Morgan fingerprint density at radius 3 is 2.50 bits per heavy atom. The molecule has 0 radical (unpaired) electrons. The van der Waals surface area contributed by atoms with Crippen LogP contribution in [0, 0.1) is 5.92 Å². The molecule has 0 atom stereocenters. The Kier molecular flexibility index (Phi) is 5.34. The second kappa shape index (κ2) is 6.82. The molecule has 1 N–H and O–H groups in total. The van der Waals surface area contributed by atoms with Crippen molar-refractivity contribution in [2.24, 2.45) is 5.92 Å². The Balaban J connectivity index is 2.23. The first-order chi connectivity index (χ1) is 9.47. The Morgan fingerprint density at radius 1 is 1.25 bits per heavy atom. The molecular weight excluding hydrogens is 268 g/mol. The molecule has 1 aliphatic carbocycles. The van der Waals surface area contributed by atoms with Crippen molar-refractivity contribution in [2.75, 3.05) is 11.4 Å². The van der Waals surface area contributed by atoms with E-state index in [2.05, 4.69) is 50.0 Å². The zero-order valence-electron chi connectivity index (χ0n) is 13.1. The third-order valence-corrected chi connectivity index (χ3v) is 3.84. The maximum absolute atomic E-state index is 6.24. The average Bonchev–Trinajstić information content (AvgIpc) is 3.18. The van der Waals surface area contributed by atoms with Crippen LogP contribution in [0.25, 0.3) is 0 Å². The SMILES string of the molecule is CC(C)CN(c1cc(Cl)ccc1CNC(C)C)C1CC1. The molecule has 2 nitrogen and oxygen atoms in total. The topological polar surface area (TPSA) is 15.3 Å². The van der Waals surface area contributed by atoms with Crippen molar-refractivity contribution < 1.29 is 0 Å². The van der Waals surface area contributed by atoms with Crippen LogP contribution < -0.4 is 10.2 Å². The number of rotatable bonds is 7. The number of anilines is 1. The van der Waals surface area contributed by atoms with Crippen molar-refractivity contribution in [2.45, 2.75) is 59.2 Å². The lowest BCUT2D eigenvalue weighted by Crippen LogP contribution is -2.32. The van der Waals surface area contributed by atoms with Gasteiger partial charge in [0.2, 0.25) is 0 Å². The van der Waals surface area contributed by atoms with Gasteiger partial charge in [-0.3, -0.25) is 0 Å². The number of nitrogens with one attached hydrogen (secondary N) is 1. The summed E-state index contributed by atoms with van der Waals surface area (Å²) in [6, 6.07) is 7.53. The van der Waals surface area contributed by atoms with Gasteiger partial charge in [0.1, 0.15) is 0 Å². The normalized spacial score (nSPS) is 15.2. The summed E-state index contributed by atoms with van der Waals surface area (Å²) in [5.41, 5.74) is 2.68. The fraction of sp³-hybridized carbons (Fsp3) is 0.647. The number of halogens is 1. The predicted molar refractivity (Wildman–Crippen MR) is 88.6 cm³/mol. The monoisotopic (exact) mass is 294 g/mol. The molecule has 0 spiro atoms. The van der Waals surface area contributed by atoms with E-state index in [-0.39, 0.29) is 0 Å². The largest absolute Gasteiger partial charge is 0.368 e. The van der Waals surface area contributed by atoms with Crippen LogP contribution in [0.15, 0.2) is 18.2 Å². The summed E-state index contributed by atoms with van der Waals surface area (Å²) < 4.78 is 0. The van der Waals surface area contributed by atoms with Crippen LogP contribution in [0.2, 0.25) is 5.02 Å². The van der Waals surface area contributed by atoms with Gasteiger partial charge in [-0.25, -0.2) is 0 Å². The van der Waals surface area contributed by atoms with E-state index in [9.17, 15) is 0 Å². The molecule has 2 rings (SSSR count). The first-order valence-electron chi connectivity index (χ1n) is 7.75. The highest BCUT2D eigenvalue weighted by Gasteiger charge is 2.30. The molecule has 0 heterocycles. The van der Waals surface area contributed by atoms with Gasteiger partial charge in [0.05, 0.1) is 0 Å². The Labute approximate surface area is 128 Å². The highest BCUT2D eigenvalue weighted by molar-refractivity contribution is 6.30. The van der Waals surface area contributed by atoms with Gasteiger partial charge < -0.3 is 10.2 Å². The highest BCUT2D eigenvalue weighted by atomic mass is 35.5. The van der Waals surface area contributed by atoms with Crippen LogP contribution in [0.1, 0.15) is 46.1 Å². The molecule has 0 unspecified atom stereocenters. The Hall–Kier alpha value is -0.730. The van der Waals surface area contributed by atoms with E-state index in [0.717, 1.165) is 18.1 Å². The van der Waals surface area contributed by atoms with Crippen LogP contribution in [0.5, 0.6) is 0 Å². The fourth-order valence-electron chi connectivity index (χ4n) is 2.49. The van der Waals surface area contributed by atoms with Crippen LogP contribution in [0.4, 0.5) is 5.69 Å². The maximum atomic E-state index is 6.24. The average molecular weight is 295 g/mol. The lowest BCUT2D eigenvalue weighted by atomic mass is 10.1. The lowest BCUT2D eigenvalue weighted by Gasteiger charge is -2.29. The summed E-state index contributed by atoms with van der Waals surface area (Å²) in [5.74, 6) is 0.667. The number of benzene rings is 1. The van der Waals surface area contributed by atoms with Crippen molar-refractivity contribution in [3.8, 4) is 0 Å². The number of hydrogen-bond donors (Lipinski definition) is 1. The van der Waals surface area contributed by atoms with Crippen molar-refractivity contribution in [1.82, 2.24) is 5.32 Å². The van der Waals surface area contributed by atoms with E-state index in [4.69, 9.17) is 11.6 Å². The third kappa shape index (κ3) is 4.39. The molecule has 20 heavy (non-hydrogen) atoms. The summed E-state index contributed by atoms with van der Waals surface area (Å²) in [7, 11) is 0. The second-order valence-electron chi connectivity index (χ2n) is 6.59. The molecule has 0 bridgehead atoms. The predicted octanol–water partition coefficient (Wildman–Crippen LogP) is 4.46. The number of hydrogen-bond acceptors (Lipinski definition) is 2. The van der Waals surface area contributed by atoms with Crippen molar-refractivity contribution in [1.29, 1.82) is 0 Å². The summed E-state index contributed by atoms with van der Waals surface area (Å²) in [6.45, 7) is 11.0. The van der Waals surface area contributed by atoms with Crippen LogP contribution in [-0.4, -0.2) is 18.6 Å². The molecular formula is C17H27ClN2. The molecule has 0 aliphatic heterocycles. The van der Waals surface area contributed by atoms with E-state index < -0.39 is 0 Å². The summed E-state index contributed by atoms with van der Waals surface area (Å²) in [5, 5.41) is 4.36. The van der Waals surface area contributed by atoms with Crippen molar-refractivity contribution in [3.63, 3.8) is 0 Å². The van der Waals surface area contributed by atoms with E-state index >= 15 is 0 Å². The molecule has 1 aromatic carbocycles. The summed E-state index contributed by atoms with van der Waals surface area (Å²) in [4.78, 5) is 2.56. The zero-order chi connectivity index (χ0) is 14.7. The van der Waals surface area contributed by atoms with Gasteiger partial charge >= 0.3 is 0 Å².